The Bertz CT molecular complexity index is 691. The highest BCUT2D eigenvalue weighted by Gasteiger charge is 2.11. The van der Waals surface area contributed by atoms with Crippen LogP contribution in [-0.4, -0.2) is 30.0 Å². The third-order valence-corrected chi connectivity index (χ3v) is 3.19. The highest BCUT2D eigenvalue weighted by molar-refractivity contribution is 6.32. The van der Waals surface area contributed by atoms with Crippen LogP contribution in [0.1, 0.15) is 5.56 Å². The number of halogens is 2. The fourth-order valence-electron chi connectivity index (χ4n) is 1.68. The maximum absolute atomic E-state index is 6.11. The first-order chi connectivity index (χ1) is 9.24. The van der Waals surface area contributed by atoms with Crippen LogP contribution in [0.4, 0.5) is 0 Å². The van der Waals surface area contributed by atoms with Gasteiger partial charge in [-0.05, 0) is 22.1 Å². The monoisotopic (exact) mass is 294 g/mol. The lowest BCUT2D eigenvalue weighted by Crippen LogP contribution is -2.03. The summed E-state index contributed by atoms with van der Waals surface area (Å²) in [4.78, 5) is 0. The zero-order valence-electron chi connectivity index (χ0n) is 9.61. The highest BCUT2D eigenvalue weighted by atomic mass is 35.5. The van der Waals surface area contributed by atoms with Crippen molar-refractivity contribution >= 4 is 23.2 Å². The van der Waals surface area contributed by atoms with E-state index in [1.54, 1.807) is 10.9 Å². The Labute approximate surface area is 118 Å². The molecule has 0 bridgehead atoms. The first kappa shape index (κ1) is 12.1. The fourth-order valence-corrected chi connectivity index (χ4v) is 2.12. The Morgan fingerprint density at radius 3 is 2.68 bits per heavy atom. The molecule has 0 aliphatic heterocycles. The van der Waals surface area contributed by atoms with Crippen LogP contribution < -0.4 is 0 Å². The zero-order chi connectivity index (χ0) is 13.2. The predicted molar refractivity (Wildman–Crippen MR) is 70.5 cm³/mol. The minimum absolute atomic E-state index is 0.472. The molecule has 8 heteroatoms. The van der Waals surface area contributed by atoms with Crippen LogP contribution in [0.2, 0.25) is 10.0 Å². The lowest BCUT2D eigenvalue weighted by Gasteiger charge is -2.03. The van der Waals surface area contributed by atoms with E-state index in [4.69, 9.17) is 23.2 Å². The first-order valence-corrected chi connectivity index (χ1v) is 6.19. The summed E-state index contributed by atoms with van der Waals surface area (Å²) >= 11 is 12.2. The molecule has 1 aromatic carbocycles. The predicted octanol–water partition coefficient (Wildman–Crippen LogP) is 2.21. The molecule has 3 rings (SSSR count). The summed E-state index contributed by atoms with van der Waals surface area (Å²) < 4.78 is 3.10. The molecule has 0 saturated heterocycles. The van der Waals surface area contributed by atoms with Crippen molar-refractivity contribution < 1.29 is 0 Å². The molecule has 0 saturated carbocycles. The van der Waals surface area contributed by atoms with Gasteiger partial charge in [0.15, 0.2) is 5.82 Å². The Morgan fingerprint density at radius 1 is 1.11 bits per heavy atom. The quantitative estimate of drug-likeness (QED) is 0.743. The van der Waals surface area contributed by atoms with Crippen LogP contribution in [0, 0.1) is 0 Å². The van der Waals surface area contributed by atoms with Crippen molar-refractivity contribution in [1.29, 1.82) is 0 Å². The van der Waals surface area contributed by atoms with E-state index in [1.165, 1.54) is 11.0 Å². The van der Waals surface area contributed by atoms with Crippen LogP contribution in [0.15, 0.2) is 36.8 Å². The second kappa shape index (κ2) is 4.99. The highest BCUT2D eigenvalue weighted by Crippen LogP contribution is 2.20. The van der Waals surface area contributed by atoms with Gasteiger partial charge in [-0.1, -0.05) is 41.4 Å². The van der Waals surface area contributed by atoms with Crippen molar-refractivity contribution in [3.63, 3.8) is 0 Å². The topological polar surface area (TPSA) is 61.4 Å². The summed E-state index contributed by atoms with van der Waals surface area (Å²) in [7, 11) is 0. The van der Waals surface area contributed by atoms with Gasteiger partial charge >= 0.3 is 0 Å². The number of nitrogens with zero attached hydrogens (tertiary/aromatic N) is 6. The zero-order valence-corrected chi connectivity index (χ0v) is 11.1. The first-order valence-electron chi connectivity index (χ1n) is 5.44. The Morgan fingerprint density at radius 2 is 1.95 bits per heavy atom. The van der Waals surface area contributed by atoms with Gasteiger partial charge in [0.1, 0.15) is 11.3 Å². The fraction of sp³-hybridized carbons (Fsp3) is 0.0909. The van der Waals surface area contributed by atoms with Crippen molar-refractivity contribution in [3.05, 3.63) is 52.4 Å². The summed E-state index contributed by atoms with van der Waals surface area (Å²) in [6.07, 6.45) is 3.15. The van der Waals surface area contributed by atoms with Gasteiger partial charge in [0, 0.05) is 11.2 Å². The minimum Gasteiger partial charge on any atom is -0.265 e. The minimum atomic E-state index is 0.472. The van der Waals surface area contributed by atoms with Crippen LogP contribution >= 0.6 is 23.2 Å². The number of tetrazole rings is 1. The van der Waals surface area contributed by atoms with Gasteiger partial charge in [0.2, 0.25) is 0 Å². The molecule has 0 amide bonds. The molecule has 0 aliphatic rings. The summed E-state index contributed by atoms with van der Waals surface area (Å²) in [5.74, 6) is 0.485. The van der Waals surface area contributed by atoms with Crippen molar-refractivity contribution in [2.75, 3.05) is 0 Å². The van der Waals surface area contributed by atoms with E-state index >= 15 is 0 Å². The molecule has 0 unspecified atom stereocenters. The number of rotatable bonds is 3. The van der Waals surface area contributed by atoms with Crippen LogP contribution in [0.5, 0.6) is 0 Å². The Kier molecular flexibility index (Phi) is 3.18. The van der Waals surface area contributed by atoms with Gasteiger partial charge in [-0.3, -0.25) is 4.68 Å². The maximum atomic E-state index is 6.11. The largest absolute Gasteiger partial charge is 0.265 e. The van der Waals surface area contributed by atoms with Gasteiger partial charge in [0.25, 0.3) is 0 Å². The number of aromatic nitrogens is 6. The summed E-state index contributed by atoms with van der Waals surface area (Å²) in [6, 6.07) is 7.59. The molecule has 0 fully saturated rings. The van der Waals surface area contributed by atoms with Gasteiger partial charge in [-0.25, -0.2) is 0 Å². The maximum Gasteiger partial charge on any atom is 0.197 e. The van der Waals surface area contributed by atoms with Gasteiger partial charge < -0.3 is 0 Å². The molecule has 6 nitrogen and oxygen atoms in total. The number of hydrogen-bond donors (Lipinski definition) is 0. The number of hydrogen-bond acceptors (Lipinski definition) is 4. The van der Waals surface area contributed by atoms with Gasteiger partial charge in [-0.2, -0.15) is 9.78 Å². The van der Waals surface area contributed by atoms with Crippen molar-refractivity contribution in [2.24, 2.45) is 0 Å². The van der Waals surface area contributed by atoms with Gasteiger partial charge in [0.05, 0.1) is 6.54 Å². The summed E-state index contributed by atoms with van der Waals surface area (Å²) in [5.41, 5.74) is 0.964. The number of benzene rings is 1. The molecule has 96 valence electrons. The Balaban J connectivity index is 1.91. The van der Waals surface area contributed by atoms with Crippen LogP contribution in [0.25, 0.3) is 5.82 Å². The Hall–Kier alpha value is -1.92. The van der Waals surface area contributed by atoms with Crippen LogP contribution in [0.3, 0.4) is 0 Å². The van der Waals surface area contributed by atoms with E-state index in [0.717, 1.165) is 5.56 Å². The normalized spacial score (nSPS) is 10.8. The third kappa shape index (κ3) is 2.45. The summed E-state index contributed by atoms with van der Waals surface area (Å²) in [5, 5.41) is 16.4. The molecule has 0 N–H and O–H groups in total. The van der Waals surface area contributed by atoms with E-state index in [2.05, 4.69) is 20.6 Å². The lowest BCUT2D eigenvalue weighted by molar-refractivity contribution is 0.663. The second-order valence-corrected chi connectivity index (χ2v) is 4.66. The van der Waals surface area contributed by atoms with Crippen LogP contribution in [-0.2, 0) is 6.54 Å². The molecular formula is C11H8Cl2N6. The van der Waals surface area contributed by atoms with E-state index in [0.29, 0.717) is 22.4 Å². The lowest BCUT2D eigenvalue weighted by atomic mass is 10.2. The van der Waals surface area contributed by atoms with Gasteiger partial charge in [-0.15, -0.1) is 5.10 Å². The van der Waals surface area contributed by atoms with Crippen molar-refractivity contribution in [3.8, 4) is 5.82 Å². The average Bonchev–Trinajstić information content (AvgIpc) is 3.01. The van der Waals surface area contributed by atoms with E-state index < -0.39 is 0 Å². The van der Waals surface area contributed by atoms with Crippen molar-refractivity contribution in [2.45, 2.75) is 6.54 Å². The SMILES string of the molecule is Clc1ccccc1Cn1cc(Cl)c(-n2cnnn2)n1. The molecule has 2 heterocycles. The van der Waals surface area contributed by atoms with E-state index in [1.807, 2.05) is 24.3 Å². The molecule has 3 aromatic rings. The molecule has 2 aromatic heterocycles. The molecular weight excluding hydrogens is 287 g/mol. The smallest absolute Gasteiger partial charge is 0.197 e. The standard InChI is InChI=1S/C11H8Cl2N6/c12-9-4-2-1-3-8(9)5-18-6-10(13)11(15-18)19-7-14-16-17-19/h1-4,6-7H,5H2. The average molecular weight is 295 g/mol. The summed E-state index contributed by atoms with van der Waals surface area (Å²) in [6.45, 7) is 0.529. The van der Waals surface area contributed by atoms with E-state index in [-0.39, 0.29) is 0 Å². The molecule has 0 aliphatic carbocycles. The molecule has 19 heavy (non-hydrogen) atoms. The van der Waals surface area contributed by atoms with Crippen molar-refractivity contribution in [1.82, 2.24) is 30.0 Å². The molecule has 0 spiro atoms. The molecule has 0 atom stereocenters. The van der Waals surface area contributed by atoms with E-state index in [9.17, 15) is 0 Å². The second-order valence-electron chi connectivity index (χ2n) is 3.84. The third-order valence-electron chi connectivity index (χ3n) is 2.56. The molecule has 0 radical (unpaired) electrons.